The Morgan fingerprint density at radius 2 is 2.13 bits per heavy atom. The Labute approximate surface area is 83.3 Å². The molecule has 1 aliphatic rings. The molecule has 82 valence electrons. The smallest absolute Gasteiger partial charge is 0.267 e. The van der Waals surface area contributed by atoms with Gasteiger partial charge in [0.25, 0.3) is 5.56 Å². The average molecular weight is 218 g/mol. The van der Waals surface area contributed by atoms with Crippen LogP contribution in [0.5, 0.6) is 0 Å². The SMILES string of the molecule is CC1CCc2c1n[nH]c(=O)c2C(F)(F)F. The van der Waals surface area contributed by atoms with Gasteiger partial charge >= 0.3 is 6.18 Å². The van der Waals surface area contributed by atoms with Crippen LogP contribution in [0.15, 0.2) is 4.79 Å². The first kappa shape index (κ1) is 10.2. The van der Waals surface area contributed by atoms with Crippen LogP contribution in [0.25, 0.3) is 0 Å². The number of alkyl halides is 3. The van der Waals surface area contributed by atoms with Gasteiger partial charge in [-0.15, -0.1) is 0 Å². The summed E-state index contributed by atoms with van der Waals surface area (Å²) >= 11 is 0. The molecular formula is C9H9F3N2O. The van der Waals surface area contributed by atoms with E-state index in [0.29, 0.717) is 12.1 Å². The van der Waals surface area contributed by atoms with Gasteiger partial charge < -0.3 is 0 Å². The number of nitrogens with one attached hydrogen (secondary N) is 1. The highest BCUT2D eigenvalue weighted by molar-refractivity contribution is 5.35. The van der Waals surface area contributed by atoms with Gasteiger partial charge in [-0.3, -0.25) is 4.79 Å². The highest BCUT2D eigenvalue weighted by Gasteiger charge is 2.40. The molecule has 0 bridgehead atoms. The van der Waals surface area contributed by atoms with E-state index < -0.39 is 17.3 Å². The van der Waals surface area contributed by atoms with E-state index in [9.17, 15) is 18.0 Å². The predicted molar refractivity (Wildman–Crippen MR) is 46.6 cm³/mol. The Morgan fingerprint density at radius 1 is 1.47 bits per heavy atom. The summed E-state index contributed by atoms with van der Waals surface area (Å²) in [6.07, 6.45) is -3.70. The normalized spacial score (nSPS) is 20.4. The summed E-state index contributed by atoms with van der Waals surface area (Å²) in [7, 11) is 0. The second-order valence-electron chi connectivity index (χ2n) is 3.73. The second-order valence-corrected chi connectivity index (χ2v) is 3.73. The first-order chi connectivity index (χ1) is 6.91. The van der Waals surface area contributed by atoms with E-state index in [4.69, 9.17) is 0 Å². The molecule has 0 spiro atoms. The molecule has 1 heterocycles. The molecule has 2 rings (SSSR count). The minimum atomic E-state index is -4.59. The molecule has 1 unspecified atom stereocenters. The van der Waals surface area contributed by atoms with Crippen LogP contribution < -0.4 is 5.56 Å². The fourth-order valence-electron chi connectivity index (χ4n) is 1.96. The lowest BCUT2D eigenvalue weighted by molar-refractivity contribution is -0.139. The maximum absolute atomic E-state index is 12.6. The van der Waals surface area contributed by atoms with E-state index >= 15 is 0 Å². The van der Waals surface area contributed by atoms with Crippen LogP contribution in [-0.2, 0) is 12.6 Å². The summed E-state index contributed by atoms with van der Waals surface area (Å²) in [5, 5.41) is 5.59. The van der Waals surface area contributed by atoms with Crippen molar-refractivity contribution in [2.45, 2.75) is 31.9 Å². The largest absolute Gasteiger partial charge is 0.422 e. The molecule has 1 N–H and O–H groups in total. The summed E-state index contributed by atoms with van der Waals surface area (Å²) in [5.41, 5.74) is -1.77. The van der Waals surface area contributed by atoms with Crippen molar-refractivity contribution in [1.29, 1.82) is 0 Å². The Kier molecular flexibility index (Phi) is 2.09. The van der Waals surface area contributed by atoms with Crippen molar-refractivity contribution in [2.24, 2.45) is 0 Å². The zero-order valence-corrected chi connectivity index (χ0v) is 7.98. The summed E-state index contributed by atoms with van der Waals surface area (Å²) in [4.78, 5) is 11.1. The summed E-state index contributed by atoms with van der Waals surface area (Å²) in [6, 6.07) is 0. The molecule has 0 radical (unpaired) electrons. The van der Waals surface area contributed by atoms with E-state index in [-0.39, 0.29) is 17.9 Å². The van der Waals surface area contributed by atoms with Gasteiger partial charge in [0.15, 0.2) is 0 Å². The van der Waals surface area contributed by atoms with Gasteiger partial charge in [-0.25, -0.2) is 5.10 Å². The fourth-order valence-corrected chi connectivity index (χ4v) is 1.96. The highest BCUT2D eigenvalue weighted by Crippen LogP contribution is 2.37. The average Bonchev–Trinajstić information content (AvgIpc) is 2.45. The number of hydrogen-bond acceptors (Lipinski definition) is 2. The molecule has 6 heteroatoms. The van der Waals surface area contributed by atoms with E-state index in [1.54, 1.807) is 6.92 Å². The lowest BCUT2D eigenvalue weighted by Gasteiger charge is -2.10. The molecule has 0 aromatic carbocycles. The topological polar surface area (TPSA) is 45.8 Å². The number of nitrogens with zero attached hydrogens (tertiary/aromatic N) is 1. The van der Waals surface area contributed by atoms with Crippen molar-refractivity contribution in [3.63, 3.8) is 0 Å². The number of H-pyrrole nitrogens is 1. The maximum atomic E-state index is 12.6. The molecule has 1 aliphatic carbocycles. The van der Waals surface area contributed by atoms with E-state index in [1.165, 1.54) is 0 Å². The van der Waals surface area contributed by atoms with Crippen molar-refractivity contribution in [2.75, 3.05) is 0 Å². The maximum Gasteiger partial charge on any atom is 0.422 e. The van der Waals surface area contributed by atoms with E-state index in [0.717, 1.165) is 0 Å². The monoisotopic (exact) mass is 218 g/mol. The summed E-state index contributed by atoms with van der Waals surface area (Å²) < 4.78 is 37.7. The molecule has 1 aromatic heterocycles. The molecular weight excluding hydrogens is 209 g/mol. The van der Waals surface area contributed by atoms with Crippen molar-refractivity contribution < 1.29 is 13.2 Å². The van der Waals surface area contributed by atoms with Crippen LogP contribution in [-0.4, -0.2) is 10.2 Å². The van der Waals surface area contributed by atoms with Gasteiger partial charge in [-0.05, 0) is 18.4 Å². The zero-order chi connectivity index (χ0) is 11.2. The van der Waals surface area contributed by atoms with Crippen molar-refractivity contribution >= 4 is 0 Å². The number of halogens is 3. The number of aromatic nitrogens is 2. The Morgan fingerprint density at radius 3 is 2.73 bits per heavy atom. The quantitative estimate of drug-likeness (QED) is 0.722. The molecule has 0 amide bonds. The molecule has 15 heavy (non-hydrogen) atoms. The first-order valence-electron chi connectivity index (χ1n) is 4.60. The first-order valence-corrected chi connectivity index (χ1v) is 4.60. The predicted octanol–water partition coefficient (Wildman–Crippen LogP) is 1.84. The van der Waals surface area contributed by atoms with Gasteiger partial charge in [0.2, 0.25) is 0 Å². The van der Waals surface area contributed by atoms with Gasteiger partial charge in [-0.1, -0.05) is 6.92 Å². The van der Waals surface area contributed by atoms with E-state index in [1.807, 2.05) is 5.10 Å². The zero-order valence-electron chi connectivity index (χ0n) is 7.98. The molecule has 1 atom stereocenters. The number of rotatable bonds is 0. The van der Waals surface area contributed by atoms with Gasteiger partial charge in [-0.2, -0.15) is 18.3 Å². The van der Waals surface area contributed by atoms with E-state index in [2.05, 4.69) is 5.10 Å². The van der Waals surface area contributed by atoms with Crippen LogP contribution in [0.1, 0.15) is 36.1 Å². The third-order valence-corrected chi connectivity index (χ3v) is 2.69. The third-order valence-electron chi connectivity index (χ3n) is 2.69. The minimum absolute atomic E-state index is 0.0158. The number of aromatic amines is 1. The molecule has 1 aromatic rings. The van der Waals surface area contributed by atoms with Crippen LogP contribution >= 0.6 is 0 Å². The van der Waals surface area contributed by atoms with Crippen LogP contribution in [0.2, 0.25) is 0 Å². The fraction of sp³-hybridized carbons (Fsp3) is 0.556. The van der Waals surface area contributed by atoms with Gasteiger partial charge in [0.05, 0.1) is 5.69 Å². The summed E-state index contributed by atoms with van der Waals surface area (Å²) in [5.74, 6) is -0.0158. The second kappa shape index (κ2) is 3.08. The standard InChI is InChI=1S/C9H9F3N2O/c1-4-2-3-5-6(9(10,11)12)8(15)14-13-7(4)5/h4H,2-3H2,1H3,(H,14,15). The molecule has 0 saturated carbocycles. The van der Waals surface area contributed by atoms with Crippen LogP contribution in [0, 0.1) is 0 Å². The molecule has 0 saturated heterocycles. The lowest BCUT2D eigenvalue weighted by atomic mass is 10.1. The van der Waals surface area contributed by atoms with Crippen LogP contribution in [0.4, 0.5) is 13.2 Å². The Bertz CT molecular complexity index is 450. The van der Waals surface area contributed by atoms with Gasteiger partial charge in [0.1, 0.15) is 5.56 Å². The molecule has 0 fully saturated rings. The third kappa shape index (κ3) is 1.53. The van der Waals surface area contributed by atoms with Crippen LogP contribution in [0.3, 0.4) is 0 Å². The lowest BCUT2D eigenvalue weighted by Crippen LogP contribution is -2.25. The van der Waals surface area contributed by atoms with Gasteiger partial charge in [0, 0.05) is 5.92 Å². The molecule has 3 nitrogen and oxygen atoms in total. The van der Waals surface area contributed by atoms with Crippen molar-refractivity contribution in [3.8, 4) is 0 Å². The Hall–Kier alpha value is -1.33. The van der Waals surface area contributed by atoms with Crippen molar-refractivity contribution in [3.05, 3.63) is 27.2 Å². The summed E-state index contributed by atoms with van der Waals surface area (Å²) in [6.45, 7) is 1.80. The molecule has 0 aliphatic heterocycles. The minimum Gasteiger partial charge on any atom is -0.267 e. The Balaban J connectivity index is 2.70. The van der Waals surface area contributed by atoms with Crippen molar-refractivity contribution in [1.82, 2.24) is 10.2 Å². The number of fused-ring (bicyclic) bond motifs is 1. The number of hydrogen-bond donors (Lipinski definition) is 1. The highest BCUT2D eigenvalue weighted by atomic mass is 19.4.